The summed E-state index contributed by atoms with van der Waals surface area (Å²) in [4.78, 5) is 0. The molecule has 0 saturated carbocycles. The second kappa shape index (κ2) is 6.38. The molecule has 2 rings (SSSR count). The van der Waals surface area contributed by atoms with Gasteiger partial charge in [0.1, 0.15) is 0 Å². The number of terminal acetylenes is 1. The molecule has 0 amide bonds. The van der Waals surface area contributed by atoms with Gasteiger partial charge in [0.15, 0.2) is 0 Å². The average Bonchev–Trinajstić information content (AvgIpc) is 2.56. The van der Waals surface area contributed by atoms with E-state index in [1.54, 1.807) is 11.1 Å². The molecule has 0 N–H and O–H groups in total. The quantitative estimate of drug-likeness (QED) is 0.557. The van der Waals surface area contributed by atoms with Gasteiger partial charge in [0.25, 0.3) is 0 Å². The first-order valence-electron chi connectivity index (χ1n) is 5.63. The Morgan fingerprint density at radius 3 is 2.38 bits per heavy atom. The zero-order valence-corrected chi connectivity index (χ0v) is 10.0. The lowest BCUT2D eigenvalue weighted by atomic mass is 9.87. The molecule has 0 heteroatoms. The third-order valence-electron chi connectivity index (χ3n) is 2.97. The summed E-state index contributed by atoms with van der Waals surface area (Å²) in [5.41, 5.74) is 3.54. The van der Waals surface area contributed by atoms with E-state index in [-0.39, 0.29) is 7.43 Å². The molecule has 1 aliphatic rings. The summed E-state index contributed by atoms with van der Waals surface area (Å²) in [5, 5.41) is 0. The monoisotopic (exact) mass is 216 g/mol. The van der Waals surface area contributed by atoms with E-state index in [0.29, 0.717) is 5.41 Å². The second-order valence-electron chi connectivity index (χ2n) is 4.60. The number of aryl methyl sites for hydroxylation is 1. The van der Waals surface area contributed by atoms with Gasteiger partial charge in [-0.15, -0.1) is 12.3 Å². The van der Waals surface area contributed by atoms with Crippen molar-refractivity contribution in [2.45, 2.75) is 52.9 Å². The minimum Gasteiger partial charge on any atom is -0.120 e. The summed E-state index contributed by atoms with van der Waals surface area (Å²) in [6.45, 7) is 6.61. The third-order valence-corrected chi connectivity index (χ3v) is 2.97. The van der Waals surface area contributed by atoms with Crippen molar-refractivity contribution in [2.75, 3.05) is 0 Å². The molecule has 0 aliphatic heterocycles. The Labute approximate surface area is 101 Å². The minimum atomic E-state index is 0. The molecule has 1 aromatic carbocycles. The molecule has 0 heterocycles. The number of fused-ring (bicyclic) bond motifs is 1. The minimum absolute atomic E-state index is 0. The standard InChI is InChI=1S/C11H14.C4H6.CH4/c1-11(2)8-7-9-5-3-4-6-10(9)11;1-3-4-2;/h3-6H,7-8H2,1-2H3;1H,4H2,2H3;1H4. The maximum atomic E-state index is 4.78. The summed E-state index contributed by atoms with van der Waals surface area (Å²) in [6.07, 6.45) is 8.20. The Bertz CT molecular complexity index is 353. The highest BCUT2D eigenvalue weighted by Gasteiger charge is 2.28. The molecular formula is C16H24. The van der Waals surface area contributed by atoms with Crippen LogP contribution in [0.2, 0.25) is 0 Å². The molecule has 0 unspecified atom stereocenters. The van der Waals surface area contributed by atoms with Crippen LogP contribution in [0.25, 0.3) is 0 Å². The largest absolute Gasteiger partial charge is 0.120 e. The van der Waals surface area contributed by atoms with Gasteiger partial charge in [-0.3, -0.25) is 0 Å². The zero-order valence-electron chi connectivity index (χ0n) is 10.0. The summed E-state index contributed by atoms with van der Waals surface area (Å²) in [5.74, 6) is 2.43. The van der Waals surface area contributed by atoms with Gasteiger partial charge < -0.3 is 0 Å². The van der Waals surface area contributed by atoms with Gasteiger partial charge >= 0.3 is 0 Å². The Kier molecular flexibility index (Phi) is 5.89. The number of hydrogen-bond acceptors (Lipinski definition) is 0. The fourth-order valence-corrected chi connectivity index (χ4v) is 1.98. The predicted octanol–water partition coefficient (Wildman–Crippen LogP) is 4.58. The SMILES string of the molecule is C.C#CCC.CC1(C)CCc2ccccc21. The Morgan fingerprint density at radius 2 is 1.88 bits per heavy atom. The number of rotatable bonds is 0. The lowest BCUT2D eigenvalue weighted by Crippen LogP contribution is -2.11. The number of hydrogen-bond donors (Lipinski definition) is 0. The van der Waals surface area contributed by atoms with Crippen LogP contribution in [-0.4, -0.2) is 0 Å². The first-order valence-corrected chi connectivity index (χ1v) is 5.63. The molecule has 1 aliphatic carbocycles. The van der Waals surface area contributed by atoms with Crippen molar-refractivity contribution < 1.29 is 0 Å². The lowest BCUT2D eigenvalue weighted by Gasteiger charge is -2.18. The van der Waals surface area contributed by atoms with E-state index < -0.39 is 0 Å². The molecule has 0 radical (unpaired) electrons. The van der Waals surface area contributed by atoms with Crippen LogP contribution in [0.5, 0.6) is 0 Å². The van der Waals surface area contributed by atoms with Crippen LogP contribution in [-0.2, 0) is 11.8 Å². The summed E-state index contributed by atoms with van der Waals surface area (Å²) in [7, 11) is 0. The summed E-state index contributed by atoms with van der Waals surface area (Å²) < 4.78 is 0. The molecule has 16 heavy (non-hydrogen) atoms. The van der Waals surface area contributed by atoms with E-state index in [1.807, 2.05) is 6.92 Å². The molecule has 0 atom stereocenters. The van der Waals surface area contributed by atoms with E-state index in [1.165, 1.54) is 12.8 Å². The van der Waals surface area contributed by atoms with Crippen molar-refractivity contribution in [3.63, 3.8) is 0 Å². The van der Waals surface area contributed by atoms with Crippen LogP contribution in [0.4, 0.5) is 0 Å². The Hall–Kier alpha value is -1.22. The molecular weight excluding hydrogens is 192 g/mol. The Balaban J connectivity index is 0.000000397. The summed E-state index contributed by atoms with van der Waals surface area (Å²) in [6, 6.07) is 8.80. The first-order chi connectivity index (χ1) is 7.11. The van der Waals surface area contributed by atoms with Gasteiger partial charge in [0, 0.05) is 6.42 Å². The molecule has 0 bridgehead atoms. The highest BCUT2D eigenvalue weighted by atomic mass is 14.3. The van der Waals surface area contributed by atoms with Crippen molar-refractivity contribution in [3.05, 3.63) is 35.4 Å². The number of benzene rings is 1. The van der Waals surface area contributed by atoms with Crippen molar-refractivity contribution in [3.8, 4) is 12.3 Å². The molecule has 0 aromatic heterocycles. The van der Waals surface area contributed by atoms with Gasteiger partial charge in [-0.05, 0) is 29.4 Å². The predicted molar refractivity (Wildman–Crippen MR) is 73.6 cm³/mol. The first kappa shape index (κ1) is 14.8. The summed E-state index contributed by atoms with van der Waals surface area (Å²) >= 11 is 0. The van der Waals surface area contributed by atoms with Crippen molar-refractivity contribution in [1.82, 2.24) is 0 Å². The van der Waals surface area contributed by atoms with Crippen LogP contribution < -0.4 is 0 Å². The molecule has 0 saturated heterocycles. The zero-order chi connectivity index (χ0) is 11.3. The highest BCUT2D eigenvalue weighted by molar-refractivity contribution is 5.37. The van der Waals surface area contributed by atoms with Crippen LogP contribution in [0, 0.1) is 12.3 Å². The van der Waals surface area contributed by atoms with Crippen LogP contribution in [0.15, 0.2) is 24.3 Å². The van der Waals surface area contributed by atoms with Crippen LogP contribution in [0.1, 0.15) is 52.2 Å². The maximum Gasteiger partial charge on any atom is 0.00576 e. The van der Waals surface area contributed by atoms with Gasteiger partial charge in [-0.2, -0.15) is 0 Å². The maximum absolute atomic E-state index is 4.78. The third kappa shape index (κ3) is 3.42. The molecule has 0 spiro atoms. The fourth-order valence-electron chi connectivity index (χ4n) is 1.98. The fraction of sp³-hybridized carbons (Fsp3) is 0.500. The molecule has 0 nitrogen and oxygen atoms in total. The Morgan fingerprint density at radius 1 is 1.31 bits per heavy atom. The topological polar surface area (TPSA) is 0 Å². The molecule has 88 valence electrons. The van der Waals surface area contributed by atoms with Crippen molar-refractivity contribution in [1.29, 1.82) is 0 Å². The van der Waals surface area contributed by atoms with Gasteiger partial charge in [0.05, 0.1) is 0 Å². The van der Waals surface area contributed by atoms with E-state index in [4.69, 9.17) is 6.42 Å². The lowest BCUT2D eigenvalue weighted by molar-refractivity contribution is 0.522. The van der Waals surface area contributed by atoms with Crippen LogP contribution in [0.3, 0.4) is 0 Å². The second-order valence-corrected chi connectivity index (χ2v) is 4.60. The van der Waals surface area contributed by atoms with E-state index in [9.17, 15) is 0 Å². The van der Waals surface area contributed by atoms with E-state index >= 15 is 0 Å². The van der Waals surface area contributed by atoms with Gasteiger partial charge in [-0.25, -0.2) is 0 Å². The molecule has 0 fully saturated rings. The van der Waals surface area contributed by atoms with Crippen LogP contribution >= 0.6 is 0 Å². The van der Waals surface area contributed by atoms with E-state index in [2.05, 4.69) is 44.0 Å². The van der Waals surface area contributed by atoms with Crippen molar-refractivity contribution >= 4 is 0 Å². The highest BCUT2D eigenvalue weighted by Crippen LogP contribution is 2.37. The van der Waals surface area contributed by atoms with E-state index in [0.717, 1.165) is 6.42 Å². The smallest absolute Gasteiger partial charge is 0.00576 e. The average molecular weight is 216 g/mol. The molecule has 1 aromatic rings. The van der Waals surface area contributed by atoms with Crippen molar-refractivity contribution in [2.24, 2.45) is 0 Å². The van der Waals surface area contributed by atoms with Gasteiger partial charge in [-0.1, -0.05) is 52.5 Å². The normalized spacial score (nSPS) is 14.9. The van der Waals surface area contributed by atoms with Gasteiger partial charge in [0.2, 0.25) is 0 Å².